The minimum atomic E-state index is -3.36. The van der Waals surface area contributed by atoms with Crippen LogP contribution in [-0.4, -0.2) is 49.2 Å². The number of Topliss-reactive ketones (excluding diaryl/α,β-unsaturated/α-hetero) is 1. The van der Waals surface area contributed by atoms with E-state index in [1.165, 1.54) is 18.6 Å². The molecule has 2 aromatic carbocycles. The standard InChI is InChI=1S/C21H22N2O6S/c1-14(21(25)15-8-10-16(28-2)11-9-15)29-20(24)12-23-18-7-5-4-6-17(18)22-19(23)13-30(3,26)27/h4-11,14H,12-13H2,1-3H3/t14-/m1/s1. The first-order chi connectivity index (χ1) is 14.2. The highest BCUT2D eigenvalue weighted by Crippen LogP contribution is 2.19. The number of rotatable bonds is 8. The second kappa shape index (κ2) is 8.66. The number of carbonyl (C=O) groups excluding carboxylic acids is 2. The first-order valence-electron chi connectivity index (χ1n) is 9.17. The maximum Gasteiger partial charge on any atom is 0.326 e. The number of aromatic nitrogens is 2. The largest absolute Gasteiger partial charge is 0.497 e. The highest BCUT2D eigenvalue weighted by atomic mass is 32.2. The highest BCUT2D eigenvalue weighted by Gasteiger charge is 2.22. The average molecular weight is 430 g/mol. The van der Waals surface area contributed by atoms with Crippen molar-refractivity contribution in [1.29, 1.82) is 0 Å². The van der Waals surface area contributed by atoms with Gasteiger partial charge in [0.25, 0.3) is 0 Å². The van der Waals surface area contributed by atoms with Gasteiger partial charge in [0.1, 0.15) is 23.9 Å². The number of esters is 1. The summed E-state index contributed by atoms with van der Waals surface area (Å²) in [5.41, 5.74) is 1.58. The van der Waals surface area contributed by atoms with Gasteiger partial charge < -0.3 is 14.0 Å². The second-order valence-electron chi connectivity index (χ2n) is 6.90. The van der Waals surface area contributed by atoms with Crippen LogP contribution in [0.1, 0.15) is 23.1 Å². The lowest BCUT2D eigenvalue weighted by Crippen LogP contribution is -2.27. The summed E-state index contributed by atoms with van der Waals surface area (Å²) in [4.78, 5) is 29.4. The van der Waals surface area contributed by atoms with Crippen molar-refractivity contribution in [2.24, 2.45) is 0 Å². The Morgan fingerprint density at radius 1 is 1.10 bits per heavy atom. The van der Waals surface area contributed by atoms with Crippen LogP contribution in [0.5, 0.6) is 5.75 Å². The number of nitrogens with zero attached hydrogens (tertiary/aromatic N) is 2. The van der Waals surface area contributed by atoms with Crippen LogP contribution < -0.4 is 4.74 Å². The molecule has 1 heterocycles. The topological polar surface area (TPSA) is 105 Å². The molecule has 1 atom stereocenters. The summed E-state index contributed by atoms with van der Waals surface area (Å²) in [6, 6.07) is 13.5. The smallest absolute Gasteiger partial charge is 0.326 e. The third-order valence-corrected chi connectivity index (χ3v) is 5.25. The number of hydrogen-bond acceptors (Lipinski definition) is 7. The van der Waals surface area contributed by atoms with Crippen molar-refractivity contribution in [1.82, 2.24) is 9.55 Å². The van der Waals surface area contributed by atoms with Gasteiger partial charge in [0, 0.05) is 11.8 Å². The van der Waals surface area contributed by atoms with E-state index >= 15 is 0 Å². The van der Waals surface area contributed by atoms with Crippen LogP contribution in [0.2, 0.25) is 0 Å². The van der Waals surface area contributed by atoms with Crippen LogP contribution in [0.25, 0.3) is 11.0 Å². The van der Waals surface area contributed by atoms with Gasteiger partial charge in [-0.15, -0.1) is 0 Å². The summed E-state index contributed by atoms with van der Waals surface area (Å²) in [7, 11) is -1.83. The van der Waals surface area contributed by atoms with E-state index in [0.717, 1.165) is 6.26 Å². The molecule has 3 rings (SSSR count). The van der Waals surface area contributed by atoms with Crippen LogP contribution in [0.3, 0.4) is 0 Å². The van der Waals surface area contributed by atoms with Crippen molar-refractivity contribution >= 4 is 32.6 Å². The lowest BCUT2D eigenvalue weighted by atomic mass is 10.1. The average Bonchev–Trinajstić information content (AvgIpc) is 3.02. The highest BCUT2D eigenvalue weighted by molar-refractivity contribution is 7.89. The molecule has 0 bridgehead atoms. The van der Waals surface area contributed by atoms with Crippen molar-refractivity contribution in [3.8, 4) is 5.75 Å². The zero-order valence-corrected chi connectivity index (χ0v) is 17.7. The molecule has 0 aliphatic carbocycles. The quantitative estimate of drug-likeness (QED) is 0.399. The van der Waals surface area contributed by atoms with Gasteiger partial charge in [0.2, 0.25) is 5.78 Å². The van der Waals surface area contributed by atoms with E-state index in [-0.39, 0.29) is 23.9 Å². The van der Waals surface area contributed by atoms with Crippen molar-refractivity contribution in [3.63, 3.8) is 0 Å². The Morgan fingerprint density at radius 2 is 1.77 bits per heavy atom. The number of ether oxygens (including phenoxy) is 2. The van der Waals surface area contributed by atoms with Gasteiger partial charge in [-0.2, -0.15) is 0 Å². The number of benzene rings is 2. The minimum absolute atomic E-state index is 0.241. The van der Waals surface area contributed by atoms with Gasteiger partial charge in [-0.1, -0.05) is 12.1 Å². The molecule has 0 fully saturated rings. The Morgan fingerprint density at radius 3 is 2.40 bits per heavy atom. The molecule has 0 aliphatic heterocycles. The Labute approximate surface area is 174 Å². The molecule has 8 nitrogen and oxygen atoms in total. The molecule has 9 heteroatoms. The fourth-order valence-electron chi connectivity index (χ4n) is 3.05. The number of ketones is 1. The summed E-state index contributed by atoms with van der Waals surface area (Å²) in [5.74, 6) is -0.471. The second-order valence-corrected chi connectivity index (χ2v) is 9.04. The fraction of sp³-hybridized carbons (Fsp3) is 0.286. The molecule has 0 N–H and O–H groups in total. The lowest BCUT2D eigenvalue weighted by Gasteiger charge is -2.14. The maximum absolute atomic E-state index is 12.5. The van der Waals surface area contributed by atoms with Crippen LogP contribution in [-0.2, 0) is 31.7 Å². The van der Waals surface area contributed by atoms with Crippen molar-refractivity contribution in [2.45, 2.75) is 25.3 Å². The van der Waals surface area contributed by atoms with Gasteiger partial charge in [-0.25, -0.2) is 13.4 Å². The zero-order chi connectivity index (χ0) is 21.9. The first-order valence-corrected chi connectivity index (χ1v) is 11.2. The summed E-state index contributed by atoms with van der Waals surface area (Å²) in [6.07, 6.45) is 0.101. The van der Waals surface area contributed by atoms with Crippen LogP contribution in [0, 0.1) is 0 Å². The van der Waals surface area contributed by atoms with Gasteiger partial charge in [-0.05, 0) is 43.3 Å². The summed E-state index contributed by atoms with van der Waals surface area (Å²) < 4.78 is 35.4. The molecule has 0 spiro atoms. The molecule has 30 heavy (non-hydrogen) atoms. The van der Waals surface area contributed by atoms with E-state index in [9.17, 15) is 18.0 Å². The van der Waals surface area contributed by atoms with E-state index in [4.69, 9.17) is 9.47 Å². The number of para-hydroxylation sites is 2. The molecule has 0 saturated carbocycles. The zero-order valence-electron chi connectivity index (χ0n) is 16.9. The predicted molar refractivity (Wildman–Crippen MR) is 111 cm³/mol. The number of fused-ring (bicyclic) bond motifs is 1. The van der Waals surface area contributed by atoms with E-state index in [1.54, 1.807) is 48.5 Å². The first kappa shape index (κ1) is 21.5. The monoisotopic (exact) mass is 430 g/mol. The van der Waals surface area contributed by atoms with Gasteiger partial charge >= 0.3 is 5.97 Å². The van der Waals surface area contributed by atoms with Gasteiger partial charge in [-0.3, -0.25) is 9.59 Å². The van der Waals surface area contributed by atoms with E-state index in [2.05, 4.69) is 4.98 Å². The van der Waals surface area contributed by atoms with Gasteiger partial charge in [0.15, 0.2) is 15.9 Å². The molecule has 0 amide bonds. The van der Waals surface area contributed by atoms with E-state index < -0.39 is 21.9 Å². The lowest BCUT2D eigenvalue weighted by molar-refractivity contribution is -0.147. The van der Waals surface area contributed by atoms with Crippen molar-refractivity contribution < 1.29 is 27.5 Å². The summed E-state index contributed by atoms with van der Waals surface area (Å²) in [5, 5.41) is 0. The predicted octanol–water partition coefficient (Wildman–Crippen LogP) is 2.40. The Balaban J connectivity index is 1.77. The Hall–Kier alpha value is -3.20. The molecule has 3 aromatic rings. The molecule has 0 radical (unpaired) electrons. The van der Waals surface area contributed by atoms with Crippen LogP contribution in [0.15, 0.2) is 48.5 Å². The normalized spacial score (nSPS) is 12.5. The maximum atomic E-state index is 12.5. The van der Waals surface area contributed by atoms with Crippen LogP contribution >= 0.6 is 0 Å². The Kier molecular flexibility index (Phi) is 6.21. The SMILES string of the molecule is COc1ccc(C(=O)[C@@H](C)OC(=O)Cn2c(CS(C)(=O)=O)nc3ccccc32)cc1. The number of hydrogen-bond donors (Lipinski definition) is 0. The number of methoxy groups -OCH3 is 1. The van der Waals surface area contributed by atoms with E-state index in [1.807, 2.05) is 0 Å². The number of carbonyl (C=O) groups is 2. The van der Waals surface area contributed by atoms with Crippen molar-refractivity contribution in [3.05, 3.63) is 59.9 Å². The summed E-state index contributed by atoms with van der Waals surface area (Å²) >= 11 is 0. The van der Waals surface area contributed by atoms with Crippen molar-refractivity contribution in [2.75, 3.05) is 13.4 Å². The molecular weight excluding hydrogens is 408 g/mol. The third-order valence-electron chi connectivity index (χ3n) is 4.46. The molecule has 1 aromatic heterocycles. The van der Waals surface area contributed by atoms with Gasteiger partial charge in [0.05, 0.1) is 18.1 Å². The minimum Gasteiger partial charge on any atom is -0.497 e. The third kappa shape index (κ3) is 5.04. The Bertz CT molecular complexity index is 1180. The summed E-state index contributed by atoms with van der Waals surface area (Å²) in [6.45, 7) is 1.24. The molecule has 0 aliphatic rings. The van der Waals surface area contributed by atoms with Crippen LogP contribution in [0.4, 0.5) is 0 Å². The van der Waals surface area contributed by atoms with E-state index in [0.29, 0.717) is 22.3 Å². The molecular formula is C21H22N2O6S. The fourth-order valence-corrected chi connectivity index (χ4v) is 3.74. The molecule has 0 unspecified atom stereocenters. The number of sulfone groups is 1. The number of imidazole rings is 1. The molecule has 158 valence electrons. The molecule has 0 saturated heterocycles.